The second kappa shape index (κ2) is 4.63. The highest BCUT2D eigenvalue weighted by atomic mass is 19.1. The number of morpholine rings is 1. The minimum absolute atomic E-state index is 0.230. The van der Waals surface area contributed by atoms with Crippen molar-refractivity contribution in [1.82, 2.24) is 4.90 Å². The summed E-state index contributed by atoms with van der Waals surface area (Å²) in [6.07, 6.45) is 0.971. The van der Waals surface area contributed by atoms with E-state index in [1.807, 2.05) is 6.07 Å². The van der Waals surface area contributed by atoms with E-state index in [9.17, 15) is 4.39 Å². The van der Waals surface area contributed by atoms with Crippen LogP contribution in [0, 0.1) is 5.82 Å². The Morgan fingerprint density at radius 3 is 2.82 bits per heavy atom. The molecular weight excluding hydrogens is 221 g/mol. The molecule has 1 aromatic carbocycles. The smallest absolute Gasteiger partial charge is 0.126 e. The van der Waals surface area contributed by atoms with Gasteiger partial charge in [-0.1, -0.05) is 6.07 Å². The van der Waals surface area contributed by atoms with Crippen molar-refractivity contribution >= 4 is 0 Å². The van der Waals surface area contributed by atoms with Crippen LogP contribution in [0.5, 0.6) is 5.75 Å². The second-order valence-electron chi connectivity index (χ2n) is 4.48. The van der Waals surface area contributed by atoms with Crippen molar-refractivity contribution in [2.75, 3.05) is 32.9 Å². The van der Waals surface area contributed by atoms with Gasteiger partial charge in [-0.15, -0.1) is 0 Å². The molecule has 2 aliphatic heterocycles. The SMILES string of the molecule is Fc1ccc2c(c1)OCCC2N1CCOCC1. The highest BCUT2D eigenvalue weighted by Crippen LogP contribution is 2.36. The summed E-state index contributed by atoms with van der Waals surface area (Å²) in [6.45, 7) is 4.13. The van der Waals surface area contributed by atoms with Crippen LogP contribution in [-0.2, 0) is 4.74 Å². The van der Waals surface area contributed by atoms with E-state index in [-0.39, 0.29) is 5.82 Å². The number of halogens is 1. The third kappa shape index (κ3) is 2.15. The molecule has 1 atom stereocenters. The van der Waals surface area contributed by atoms with Crippen LogP contribution in [0.2, 0.25) is 0 Å². The Morgan fingerprint density at radius 1 is 1.18 bits per heavy atom. The summed E-state index contributed by atoms with van der Waals surface area (Å²) in [5.41, 5.74) is 1.11. The summed E-state index contributed by atoms with van der Waals surface area (Å²) in [5, 5.41) is 0. The van der Waals surface area contributed by atoms with Crippen molar-refractivity contribution in [3.05, 3.63) is 29.6 Å². The molecule has 0 aromatic heterocycles. The molecule has 4 heteroatoms. The van der Waals surface area contributed by atoms with Crippen LogP contribution in [0.25, 0.3) is 0 Å². The van der Waals surface area contributed by atoms with E-state index in [4.69, 9.17) is 9.47 Å². The van der Waals surface area contributed by atoms with E-state index >= 15 is 0 Å². The largest absolute Gasteiger partial charge is 0.493 e. The molecule has 3 nitrogen and oxygen atoms in total. The quantitative estimate of drug-likeness (QED) is 0.745. The minimum atomic E-state index is -0.230. The molecular formula is C13H16FNO2. The third-order valence-corrected chi connectivity index (χ3v) is 3.47. The number of hydrogen-bond acceptors (Lipinski definition) is 3. The van der Waals surface area contributed by atoms with E-state index in [2.05, 4.69) is 4.90 Å². The molecule has 2 heterocycles. The summed E-state index contributed by atoms with van der Waals surface area (Å²) in [7, 11) is 0. The average Bonchev–Trinajstić information content (AvgIpc) is 2.39. The van der Waals surface area contributed by atoms with E-state index < -0.39 is 0 Å². The lowest BCUT2D eigenvalue weighted by molar-refractivity contribution is 0.00703. The van der Waals surface area contributed by atoms with Crippen LogP contribution in [0.1, 0.15) is 18.0 Å². The predicted octanol–water partition coefficient (Wildman–Crippen LogP) is 1.98. The van der Waals surface area contributed by atoms with E-state index in [1.54, 1.807) is 0 Å². The second-order valence-corrected chi connectivity index (χ2v) is 4.48. The fourth-order valence-electron chi connectivity index (χ4n) is 2.61. The molecule has 1 saturated heterocycles. The van der Waals surface area contributed by atoms with Crippen molar-refractivity contribution in [3.63, 3.8) is 0 Å². The molecule has 17 heavy (non-hydrogen) atoms. The normalized spacial score (nSPS) is 25.1. The van der Waals surface area contributed by atoms with E-state index in [0.717, 1.165) is 38.3 Å². The van der Waals surface area contributed by atoms with Gasteiger partial charge in [0.1, 0.15) is 11.6 Å². The average molecular weight is 237 g/mol. The van der Waals surface area contributed by atoms with Crippen LogP contribution >= 0.6 is 0 Å². The van der Waals surface area contributed by atoms with Gasteiger partial charge in [0.2, 0.25) is 0 Å². The summed E-state index contributed by atoms with van der Waals surface area (Å²) in [6, 6.07) is 5.20. The fourth-order valence-corrected chi connectivity index (χ4v) is 2.61. The van der Waals surface area contributed by atoms with Gasteiger partial charge in [-0.25, -0.2) is 4.39 Å². The summed E-state index contributed by atoms with van der Waals surface area (Å²) >= 11 is 0. The number of rotatable bonds is 1. The Morgan fingerprint density at radius 2 is 2.00 bits per heavy atom. The van der Waals surface area contributed by atoms with Crippen LogP contribution in [0.4, 0.5) is 4.39 Å². The molecule has 0 N–H and O–H groups in total. The monoisotopic (exact) mass is 237 g/mol. The lowest BCUT2D eigenvalue weighted by atomic mass is 9.98. The zero-order chi connectivity index (χ0) is 11.7. The first-order valence-electron chi connectivity index (χ1n) is 6.08. The maximum atomic E-state index is 13.2. The van der Waals surface area contributed by atoms with E-state index in [1.165, 1.54) is 12.1 Å². The topological polar surface area (TPSA) is 21.7 Å². The molecule has 0 saturated carbocycles. The number of fused-ring (bicyclic) bond motifs is 1. The number of ether oxygens (including phenoxy) is 2. The lowest BCUT2D eigenvalue weighted by Crippen LogP contribution is -2.40. The molecule has 1 fully saturated rings. The maximum Gasteiger partial charge on any atom is 0.126 e. The van der Waals surface area contributed by atoms with Gasteiger partial charge < -0.3 is 9.47 Å². The number of hydrogen-bond donors (Lipinski definition) is 0. The van der Waals surface area contributed by atoms with E-state index in [0.29, 0.717) is 18.4 Å². The lowest BCUT2D eigenvalue weighted by Gasteiger charge is -2.37. The first-order valence-corrected chi connectivity index (χ1v) is 6.08. The van der Waals surface area contributed by atoms with Crippen molar-refractivity contribution in [3.8, 4) is 5.75 Å². The molecule has 0 spiro atoms. The Bertz CT molecular complexity index is 404. The number of nitrogens with zero attached hydrogens (tertiary/aromatic N) is 1. The summed E-state index contributed by atoms with van der Waals surface area (Å²) in [4.78, 5) is 2.41. The molecule has 0 radical (unpaired) electrons. The van der Waals surface area contributed by atoms with Crippen LogP contribution in [0.3, 0.4) is 0 Å². The van der Waals surface area contributed by atoms with Crippen molar-refractivity contribution < 1.29 is 13.9 Å². The van der Waals surface area contributed by atoms with Gasteiger partial charge in [0, 0.05) is 37.2 Å². The molecule has 3 rings (SSSR count). The first kappa shape index (κ1) is 11.0. The maximum absolute atomic E-state index is 13.2. The van der Waals surface area contributed by atoms with Gasteiger partial charge in [-0.2, -0.15) is 0 Å². The van der Waals surface area contributed by atoms with Crippen LogP contribution in [0.15, 0.2) is 18.2 Å². The van der Waals surface area contributed by atoms with Gasteiger partial charge >= 0.3 is 0 Å². The standard InChI is InChI=1S/C13H16FNO2/c14-10-1-2-11-12(3-6-17-13(11)9-10)15-4-7-16-8-5-15/h1-2,9,12H,3-8H2. The molecule has 1 aromatic rings. The predicted molar refractivity (Wildman–Crippen MR) is 61.6 cm³/mol. The molecule has 1 unspecified atom stereocenters. The zero-order valence-electron chi connectivity index (χ0n) is 9.69. The Kier molecular flexibility index (Phi) is 2.99. The van der Waals surface area contributed by atoms with Gasteiger partial charge in [0.15, 0.2) is 0 Å². The van der Waals surface area contributed by atoms with Crippen molar-refractivity contribution in [2.24, 2.45) is 0 Å². The molecule has 0 aliphatic carbocycles. The van der Waals surface area contributed by atoms with Crippen molar-refractivity contribution in [2.45, 2.75) is 12.5 Å². The molecule has 2 aliphatic rings. The van der Waals surface area contributed by atoms with Gasteiger partial charge in [-0.3, -0.25) is 4.90 Å². The van der Waals surface area contributed by atoms with Gasteiger partial charge in [0.05, 0.1) is 19.8 Å². The summed E-state index contributed by atoms with van der Waals surface area (Å²) < 4.78 is 24.0. The van der Waals surface area contributed by atoms with Crippen LogP contribution in [-0.4, -0.2) is 37.8 Å². The Balaban J connectivity index is 1.88. The van der Waals surface area contributed by atoms with Gasteiger partial charge in [-0.05, 0) is 6.07 Å². The number of benzene rings is 1. The molecule has 92 valence electrons. The Labute approximate surface area is 100 Å². The highest BCUT2D eigenvalue weighted by molar-refractivity contribution is 5.38. The minimum Gasteiger partial charge on any atom is -0.493 e. The first-order chi connectivity index (χ1) is 8.34. The van der Waals surface area contributed by atoms with Crippen molar-refractivity contribution in [1.29, 1.82) is 0 Å². The fraction of sp³-hybridized carbons (Fsp3) is 0.538. The Hall–Kier alpha value is -1.13. The zero-order valence-corrected chi connectivity index (χ0v) is 9.69. The van der Waals surface area contributed by atoms with Gasteiger partial charge in [0.25, 0.3) is 0 Å². The third-order valence-electron chi connectivity index (χ3n) is 3.47. The highest BCUT2D eigenvalue weighted by Gasteiger charge is 2.28. The van der Waals surface area contributed by atoms with Crippen LogP contribution < -0.4 is 4.74 Å². The molecule has 0 amide bonds. The molecule has 0 bridgehead atoms. The summed E-state index contributed by atoms with van der Waals surface area (Å²) in [5.74, 6) is 0.471.